The first-order chi connectivity index (χ1) is 14.0. The van der Waals surface area contributed by atoms with Crippen LogP contribution in [0.5, 0.6) is 0 Å². The highest BCUT2D eigenvalue weighted by Crippen LogP contribution is 2.27. The van der Waals surface area contributed by atoms with Crippen LogP contribution in [0.15, 0.2) is 72.4 Å². The van der Waals surface area contributed by atoms with Gasteiger partial charge in [0.1, 0.15) is 5.82 Å². The topological polar surface area (TPSA) is 51.0 Å². The molecule has 1 amide bonds. The fourth-order valence-electron chi connectivity index (χ4n) is 2.98. The number of aromatic nitrogens is 3. The predicted molar refractivity (Wildman–Crippen MR) is 114 cm³/mol. The Morgan fingerprint density at radius 1 is 1.24 bits per heavy atom. The van der Waals surface area contributed by atoms with E-state index >= 15 is 0 Å². The second kappa shape index (κ2) is 9.52. The number of rotatable bonds is 8. The molecule has 1 atom stereocenters. The highest BCUT2D eigenvalue weighted by atomic mass is 32.2. The summed E-state index contributed by atoms with van der Waals surface area (Å²) in [5, 5.41) is 8.90. The monoisotopic (exact) mass is 410 g/mol. The second-order valence-electron chi connectivity index (χ2n) is 6.66. The summed E-state index contributed by atoms with van der Waals surface area (Å²) in [5.74, 6) is 0.367. The molecule has 1 heterocycles. The van der Waals surface area contributed by atoms with Crippen molar-refractivity contribution in [1.82, 2.24) is 19.7 Å². The first-order valence-electron chi connectivity index (χ1n) is 9.25. The average molecular weight is 411 g/mol. The van der Waals surface area contributed by atoms with Crippen molar-refractivity contribution in [3.05, 3.63) is 78.6 Å². The predicted octanol–water partition coefficient (Wildman–Crippen LogP) is 4.41. The summed E-state index contributed by atoms with van der Waals surface area (Å²) in [6, 6.07) is 16.1. The molecule has 0 spiro atoms. The maximum atomic E-state index is 13.4. The Kier molecular flexibility index (Phi) is 6.82. The van der Waals surface area contributed by atoms with E-state index in [0.29, 0.717) is 18.2 Å². The van der Waals surface area contributed by atoms with Gasteiger partial charge in [-0.1, -0.05) is 60.3 Å². The molecule has 29 heavy (non-hydrogen) atoms. The zero-order valence-electron chi connectivity index (χ0n) is 16.5. The van der Waals surface area contributed by atoms with Crippen LogP contribution in [0, 0.1) is 5.82 Å². The number of allylic oxidation sites excluding steroid dienone is 1. The van der Waals surface area contributed by atoms with Gasteiger partial charge in [-0.2, -0.15) is 0 Å². The van der Waals surface area contributed by atoms with Gasteiger partial charge in [-0.15, -0.1) is 16.8 Å². The van der Waals surface area contributed by atoms with Crippen LogP contribution in [-0.4, -0.2) is 37.9 Å². The van der Waals surface area contributed by atoms with E-state index in [0.717, 1.165) is 17.0 Å². The van der Waals surface area contributed by atoms with E-state index in [1.54, 1.807) is 30.2 Å². The minimum atomic E-state index is -0.370. The van der Waals surface area contributed by atoms with Gasteiger partial charge in [0.2, 0.25) is 5.91 Å². The molecule has 0 fully saturated rings. The van der Waals surface area contributed by atoms with E-state index in [4.69, 9.17) is 0 Å². The fraction of sp³-hybridized carbons (Fsp3) is 0.227. The molecular weight excluding hydrogens is 387 g/mol. The molecule has 0 saturated heterocycles. The summed E-state index contributed by atoms with van der Waals surface area (Å²) in [5.41, 5.74) is 1.70. The van der Waals surface area contributed by atoms with E-state index in [2.05, 4.69) is 16.8 Å². The standard InChI is InChI=1S/C22H23FN4OS/c1-4-13-27-20(18-10-6-5-7-11-18)24-25-22(27)29-16(2)21(28)26(3)15-17-9-8-12-19(23)14-17/h4-12,14,16H,1,13,15H2,2-3H3/t16-/m1/s1. The number of hydrogen-bond donors (Lipinski definition) is 0. The van der Waals surface area contributed by atoms with E-state index in [-0.39, 0.29) is 17.0 Å². The summed E-state index contributed by atoms with van der Waals surface area (Å²) >= 11 is 1.35. The summed E-state index contributed by atoms with van der Waals surface area (Å²) in [4.78, 5) is 14.4. The number of carbonyl (C=O) groups is 1. The summed E-state index contributed by atoms with van der Waals surface area (Å²) in [6.07, 6.45) is 1.78. The molecule has 3 rings (SSSR count). The van der Waals surface area contributed by atoms with Crippen molar-refractivity contribution >= 4 is 17.7 Å². The zero-order valence-corrected chi connectivity index (χ0v) is 17.3. The molecule has 0 bridgehead atoms. The van der Waals surface area contributed by atoms with Gasteiger partial charge in [0.15, 0.2) is 11.0 Å². The molecule has 3 aromatic rings. The van der Waals surface area contributed by atoms with Crippen molar-refractivity contribution < 1.29 is 9.18 Å². The minimum absolute atomic E-state index is 0.0614. The molecule has 0 N–H and O–H groups in total. The Labute approximate surface area is 174 Å². The van der Waals surface area contributed by atoms with E-state index in [1.165, 1.54) is 23.9 Å². The van der Waals surface area contributed by atoms with Gasteiger partial charge >= 0.3 is 0 Å². The Morgan fingerprint density at radius 2 is 2.00 bits per heavy atom. The third-order valence-corrected chi connectivity index (χ3v) is 5.44. The molecule has 0 aliphatic rings. The lowest BCUT2D eigenvalue weighted by Crippen LogP contribution is -2.33. The fourth-order valence-corrected chi connectivity index (χ4v) is 3.95. The summed E-state index contributed by atoms with van der Waals surface area (Å²) < 4.78 is 15.3. The van der Waals surface area contributed by atoms with E-state index in [9.17, 15) is 9.18 Å². The molecule has 0 unspecified atom stereocenters. The normalized spacial score (nSPS) is 11.8. The number of hydrogen-bond acceptors (Lipinski definition) is 4. The SMILES string of the molecule is C=CCn1c(S[C@H](C)C(=O)N(C)Cc2cccc(F)c2)nnc1-c1ccccc1. The molecule has 0 aliphatic heterocycles. The van der Waals surface area contributed by atoms with E-state index < -0.39 is 0 Å². The summed E-state index contributed by atoms with van der Waals surface area (Å²) in [6.45, 7) is 6.54. The van der Waals surface area contributed by atoms with Crippen molar-refractivity contribution in [2.45, 2.75) is 30.4 Å². The largest absolute Gasteiger partial charge is 0.340 e. The highest BCUT2D eigenvalue weighted by molar-refractivity contribution is 8.00. The van der Waals surface area contributed by atoms with Gasteiger partial charge in [-0.25, -0.2) is 4.39 Å². The first-order valence-corrected chi connectivity index (χ1v) is 10.1. The smallest absolute Gasteiger partial charge is 0.235 e. The Hall–Kier alpha value is -2.93. The molecule has 150 valence electrons. The van der Waals surface area contributed by atoms with Crippen molar-refractivity contribution in [1.29, 1.82) is 0 Å². The second-order valence-corrected chi connectivity index (χ2v) is 7.96. The Balaban J connectivity index is 1.74. The number of halogens is 1. The van der Waals surface area contributed by atoms with Crippen LogP contribution in [0.2, 0.25) is 0 Å². The maximum absolute atomic E-state index is 13.4. The average Bonchev–Trinajstić information content (AvgIpc) is 3.10. The first kappa shape index (κ1) is 20.8. The molecule has 0 saturated carbocycles. The molecule has 5 nitrogen and oxygen atoms in total. The van der Waals surface area contributed by atoms with Crippen LogP contribution in [0.25, 0.3) is 11.4 Å². The van der Waals surface area contributed by atoms with Crippen molar-refractivity contribution in [3.63, 3.8) is 0 Å². The highest BCUT2D eigenvalue weighted by Gasteiger charge is 2.23. The quantitative estimate of drug-likeness (QED) is 0.408. The third-order valence-electron chi connectivity index (χ3n) is 4.38. The van der Waals surface area contributed by atoms with Gasteiger partial charge in [-0.05, 0) is 24.6 Å². The lowest BCUT2D eigenvalue weighted by molar-refractivity contribution is -0.129. The number of thioether (sulfide) groups is 1. The molecule has 2 aromatic carbocycles. The van der Waals surface area contributed by atoms with Gasteiger partial charge in [-0.3, -0.25) is 9.36 Å². The van der Waals surface area contributed by atoms with Crippen LogP contribution < -0.4 is 0 Å². The van der Waals surface area contributed by atoms with Crippen LogP contribution >= 0.6 is 11.8 Å². The van der Waals surface area contributed by atoms with Crippen LogP contribution in [0.3, 0.4) is 0 Å². The molecule has 0 radical (unpaired) electrons. The molecule has 0 aliphatic carbocycles. The molecular formula is C22H23FN4OS. The maximum Gasteiger partial charge on any atom is 0.235 e. The van der Waals surface area contributed by atoms with Crippen LogP contribution in [0.4, 0.5) is 4.39 Å². The Bertz CT molecular complexity index is 989. The van der Waals surface area contributed by atoms with E-state index in [1.807, 2.05) is 41.8 Å². The number of benzene rings is 2. The van der Waals surface area contributed by atoms with Crippen molar-refractivity contribution in [2.24, 2.45) is 0 Å². The number of carbonyl (C=O) groups excluding carboxylic acids is 1. The van der Waals surface area contributed by atoms with Crippen molar-refractivity contribution in [2.75, 3.05) is 7.05 Å². The van der Waals surface area contributed by atoms with Gasteiger partial charge < -0.3 is 4.90 Å². The summed E-state index contributed by atoms with van der Waals surface area (Å²) in [7, 11) is 1.72. The van der Waals surface area contributed by atoms with Crippen LogP contribution in [-0.2, 0) is 17.9 Å². The Morgan fingerprint density at radius 3 is 2.69 bits per heavy atom. The lowest BCUT2D eigenvalue weighted by atomic mass is 10.2. The third kappa shape index (κ3) is 5.12. The van der Waals surface area contributed by atoms with Gasteiger partial charge in [0.25, 0.3) is 0 Å². The van der Waals surface area contributed by atoms with Gasteiger partial charge in [0, 0.05) is 25.7 Å². The number of nitrogens with zero attached hydrogens (tertiary/aromatic N) is 4. The molecule has 1 aromatic heterocycles. The molecule has 7 heteroatoms. The van der Waals surface area contributed by atoms with Crippen LogP contribution in [0.1, 0.15) is 12.5 Å². The minimum Gasteiger partial charge on any atom is -0.340 e. The number of amides is 1. The van der Waals surface area contributed by atoms with Crippen molar-refractivity contribution in [3.8, 4) is 11.4 Å². The zero-order chi connectivity index (χ0) is 20.8. The van der Waals surface area contributed by atoms with Gasteiger partial charge in [0.05, 0.1) is 5.25 Å². The lowest BCUT2D eigenvalue weighted by Gasteiger charge is -2.21.